The molecule has 4 aromatic rings. The number of nitrogens with zero attached hydrogens (tertiary/aromatic N) is 4. The third-order valence-electron chi connectivity index (χ3n) is 5.95. The van der Waals surface area contributed by atoms with Crippen LogP contribution in [0.25, 0.3) is 0 Å². The summed E-state index contributed by atoms with van der Waals surface area (Å²) < 4.78 is 100. The van der Waals surface area contributed by atoms with E-state index in [1.807, 2.05) is 0 Å². The first-order chi connectivity index (χ1) is 22.8. The number of hydrogen-bond acceptors (Lipinski definition) is 9. The van der Waals surface area contributed by atoms with E-state index in [4.69, 9.17) is 9.05 Å². The van der Waals surface area contributed by atoms with Gasteiger partial charge >= 0.3 is 19.9 Å². The van der Waals surface area contributed by atoms with Crippen molar-refractivity contribution in [1.29, 1.82) is 0 Å². The van der Waals surface area contributed by atoms with Crippen molar-refractivity contribution in [1.82, 2.24) is 19.9 Å². The van der Waals surface area contributed by atoms with Gasteiger partial charge in [-0.3, -0.25) is 14.2 Å². The second kappa shape index (κ2) is 16.4. The van der Waals surface area contributed by atoms with Gasteiger partial charge in [0.15, 0.2) is 17.1 Å². The molecule has 0 spiro atoms. The lowest BCUT2D eigenvalue weighted by Gasteiger charge is -2.16. The van der Waals surface area contributed by atoms with Crippen LogP contribution in [0.2, 0.25) is 0 Å². The van der Waals surface area contributed by atoms with Gasteiger partial charge in [0.2, 0.25) is 0 Å². The van der Waals surface area contributed by atoms with Crippen LogP contribution in [-0.2, 0) is 26.0 Å². The van der Waals surface area contributed by atoms with Gasteiger partial charge in [-0.2, -0.15) is 26.3 Å². The molecule has 0 bridgehead atoms. The fourth-order valence-corrected chi connectivity index (χ4v) is 5.57. The highest BCUT2D eigenvalue weighted by Gasteiger charge is 2.33. The van der Waals surface area contributed by atoms with Crippen LogP contribution in [0.1, 0.15) is 56.8 Å². The summed E-state index contributed by atoms with van der Waals surface area (Å²) in [6.45, 7) is 6.50. The average molecular weight is 777 g/mol. The van der Waals surface area contributed by atoms with Crippen LogP contribution in [0.5, 0.6) is 0 Å². The highest BCUT2D eigenvalue weighted by Crippen LogP contribution is 2.45. The molecule has 2 amide bonds. The molecule has 2 aromatic carbocycles. The summed E-state index contributed by atoms with van der Waals surface area (Å²) in [6, 6.07) is 6.18. The number of amides is 2. The van der Waals surface area contributed by atoms with Crippen molar-refractivity contribution >= 4 is 52.4 Å². The van der Waals surface area contributed by atoms with E-state index >= 15 is 0 Å². The summed E-state index contributed by atoms with van der Waals surface area (Å²) in [5.41, 5.74) is -1.46. The zero-order valence-electron chi connectivity index (χ0n) is 26.1. The summed E-state index contributed by atoms with van der Waals surface area (Å²) in [4.78, 5) is 39.8. The average Bonchev–Trinajstić information content (AvgIpc) is 3.01. The van der Waals surface area contributed by atoms with E-state index in [9.17, 15) is 40.5 Å². The predicted octanol–water partition coefficient (Wildman–Crippen LogP) is 7.77. The Balaban J connectivity index is 0.000000276. The number of aryl methyl sites for hydroxylation is 2. The maximum Gasteiger partial charge on any atom is 0.416 e. The molecule has 0 atom stereocenters. The van der Waals surface area contributed by atoms with E-state index in [0.29, 0.717) is 10.2 Å². The number of alkyl halides is 6. The summed E-state index contributed by atoms with van der Waals surface area (Å²) in [5.74, 6) is -1.34. The Morgan fingerprint density at radius 1 is 0.694 bits per heavy atom. The molecular weight excluding hydrogens is 749 g/mol. The summed E-state index contributed by atoms with van der Waals surface area (Å²) >= 11 is 3.09. The number of aromatic nitrogens is 4. The van der Waals surface area contributed by atoms with Gasteiger partial charge in [0.05, 0.1) is 49.1 Å². The number of hydrogen-bond donors (Lipinski definition) is 2. The van der Waals surface area contributed by atoms with Gasteiger partial charge < -0.3 is 19.7 Å². The number of anilines is 2. The van der Waals surface area contributed by atoms with Crippen LogP contribution in [0.15, 0.2) is 65.8 Å². The third-order valence-corrected chi connectivity index (χ3v) is 8.35. The molecule has 4 rings (SSSR count). The van der Waals surface area contributed by atoms with E-state index in [0.717, 1.165) is 36.7 Å². The van der Waals surface area contributed by atoms with Gasteiger partial charge in [-0.1, -0.05) is 0 Å². The van der Waals surface area contributed by atoms with Crippen LogP contribution in [-0.4, -0.2) is 45.0 Å². The molecule has 0 aliphatic heterocycles. The Morgan fingerprint density at radius 2 is 1.12 bits per heavy atom. The number of carbonyl (C=O) groups is 2. The van der Waals surface area contributed by atoms with Crippen molar-refractivity contribution in [2.24, 2.45) is 0 Å². The number of nitrogens with one attached hydrogen (secondary N) is 2. The van der Waals surface area contributed by atoms with Crippen molar-refractivity contribution in [3.63, 3.8) is 0 Å². The van der Waals surface area contributed by atoms with Crippen LogP contribution < -0.4 is 16.1 Å². The molecule has 0 fully saturated rings. The zero-order valence-corrected chi connectivity index (χ0v) is 28.6. The minimum absolute atomic E-state index is 0.0247. The van der Waals surface area contributed by atoms with Gasteiger partial charge in [-0.25, -0.2) is 19.9 Å². The second-order valence-electron chi connectivity index (χ2n) is 9.90. The van der Waals surface area contributed by atoms with Crippen LogP contribution in [0.4, 0.5) is 38.0 Å². The maximum atomic E-state index is 12.9. The minimum Gasteiger partial charge on any atom is -0.305 e. The Hall–Kier alpha value is -4.25. The molecule has 49 heavy (non-hydrogen) atoms. The number of benzene rings is 2. The normalized spacial score (nSPS) is 11.7. The highest BCUT2D eigenvalue weighted by atomic mass is 79.9. The number of rotatable bonds is 9. The maximum absolute atomic E-state index is 12.9. The molecule has 0 saturated heterocycles. The van der Waals surface area contributed by atoms with E-state index in [2.05, 4.69) is 46.5 Å². The lowest BCUT2D eigenvalue weighted by atomic mass is 10.1. The van der Waals surface area contributed by atoms with Crippen LogP contribution in [0.3, 0.4) is 0 Å². The van der Waals surface area contributed by atoms with E-state index in [-0.39, 0.29) is 47.0 Å². The lowest BCUT2D eigenvalue weighted by Crippen LogP contribution is -2.19. The summed E-state index contributed by atoms with van der Waals surface area (Å²) in [5, 5.41) is 4.75. The number of carbonyl (C=O) groups excluding carboxylic acids is 2. The van der Waals surface area contributed by atoms with E-state index in [1.54, 1.807) is 13.8 Å². The van der Waals surface area contributed by atoms with Crippen molar-refractivity contribution in [3.8, 4) is 0 Å². The second-order valence-corrected chi connectivity index (χ2v) is 12.7. The van der Waals surface area contributed by atoms with Gasteiger partial charge in [0, 0.05) is 11.1 Å². The first-order valence-corrected chi connectivity index (χ1v) is 16.4. The lowest BCUT2D eigenvalue weighted by molar-refractivity contribution is -0.138. The molecule has 0 aliphatic carbocycles. The van der Waals surface area contributed by atoms with Crippen molar-refractivity contribution in [3.05, 3.63) is 99.2 Å². The molecule has 19 heteroatoms. The van der Waals surface area contributed by atoms with E-state index < -0.39 is 42.9 Å². The first-order valence-electron chi connectivity index (χ1n) is 14.0. The van der Waals surface area contributed by atoms with Crippen LogP contribution >= 0.6 is 23.5 Å². The molecule has 2 aromatic heterocycles. The van der Waals surface area contributed by atoms with Crippen molar-refractivity contribution in [2.45, 2.75) is 40.0 Å². The Bertz CT molecular complexity index is 1820. The fourth-order valence-electron chi connectivity index (χ4n) is 3.95. The fraction of sp³-hybridized carbons (Fsp3) is 0.267. The van der Waals surface area contributed by atoms with Gasteiger partial charge in [0.1, 0.15) is 4.60 Å². The predicted molar refractivity (Wildman–Crippen MR) is 171 cm³/mol. The van der Waals surface area contributed by atoms with Crippen molar-refractivity contribution < 1.29 is 49.5 Å². The Labute approximate surface area is 284 Å². The Morgan fingerprint density at radius 3 is 1.47 bits per heavy atom. The van der Waals surface area contributed by atoms with Gasteiger partial charge in [0.25, 0.3) is 11.8 Å². The molecule has 2 N–H and O–H groups in total. The summed E-state index contributed by atoms with van der Waals surface area (Å²) in [7, 11) is -3.63. The van der Waals surface area contributed by atoms with Gasteiger partial charge in [-0.05, 0) is 91.1 Å². The smallest absolute Gasteiger partial charge is 0.305 e. The number of halogens is 7. The molecule has 0 radical (unpaired) electrons. The largest absolute Gasteiger partial charge is 0.416 e. The summed E-state index contributed by atoms with van der Waals surface area (Å²) in [6.07, 6.45) is -4.16. The SMILES string of the molecule is CCOP(=O)(OCC)c1cnc(NC(=O)c2cc(C)cc(C(F)(F)F)c2)cn1.Cc1cc(C(=O)Nc2cnc(Br)cn2)cc(C(F)(F)F)c1. The third kappa shape index (κ3) is 11.4. The minimum atomic E-state index is -4.57. The van der Waals surface area contributed by atoms with Gasteiger partial charge in [-0.15, -0.1) is 0 Å². The van der Waals surface area contributed by atoms with Crippen molar-refractivity contribution in [2.75, 3.05) is 23.8 Å². The van der Waals surface area contributed by atoms with E-state index in [1.165, 1.54) is 38.4 Å². The topological polar surface area (TPSA) is 145 Å². The monoisotopic (exact) mass is 776 g/mol. The highest BCUT2D eigenvalue weighted by molar-refractivity contribution is 9.10. The molecule has 11 nitrogen and oxygen atoms in total. The first kappa shape index (κ1) is 39.2. The molecular formula is C30H28BrF6N6O5P. The van der Waals surface area contributed by atoms with Crippen LogP contribution in [0, 0.1) is 13.8 Å². The zero-order chi connectivity index (χ0) is 36.6. The molecule has 0 saturated carbocycles. The Kier molecular flexibility index (Phi) is 13.1. The molecule has 0 aliphatic rings. The molecule has 2 heterocycles. The molecule has 262 valence electrons. The molecule has 0 unspecified atom stereocenters. The quantitative estimate of drug-likeness (QED) is 0.129. The standard InChI is InChI=1S/C17H19F3N3O4P.C13H9BrF3N3O/c1-4-26-28(25,27-5-2)15-10-21-14(9-22-15)23-16(24)12-6-11(3)7-13(8-12)17(18,19)20;1-7-2-8(4-9(3-7)13(15,16)17)12(21)20-11-6-18-10(14)5-19-11/h6-10H,4-5H2,1-3H3,(H,21,23,24);2-6H,1H3,(H,19,20,21).